The summed E-state index contributed by atoms with van der Waals surface area (Å²) in [5, 5.41) is 4.02. The van der Waals surface area contributed by atoms with Crippen LogP contribution in [0.25, 0.3) is 11.4 Å². The molecule has 84 valence electrons. The molecule has 1 aromatic carbocycles. The molecule has 2 aromatic rings. The normalized spacial score (nSPS) is 10.8. The number of halogens is 2. The van der Waals surface area contributed by atoms with Gasteiger partial charge in [-0.1, -0.05) is 0 Å². The molecule has 2 N–H and O–H groups in total. The van der Waals surface area contributed by atoms with Crippen molar-refractivity contribution in [3.63, 3.8) is 0 Å². The van der Waals surface area contributed by atoms with E-state index >= 15 is 0 Å². The number of hydrogen-bond acceptors (Lipinski definition) is 3. The van der Waals surface area contributed by atoms with Crippen molar-refractivity contribution in [1.29, 1.82) is 0 Å². The molecule has 0 saturated carbocycles. The molecule has 6 heteroatoms. The van der Waals surface area contributed by atoms with Crippen molar-refractivity contribution >= 4 is 0 Å². The Balaban J connectivity index is 2.49. The molecule has 1 aromatic heterocycles. The summed E-state index contributed by atoms with van der Waals surface area (Å²) in [6, 6.07) is 3.59. The van der Waals surface area contributed by atoms with Gasteiger partial charge in [0.25, 0.3) is 0 Å². The van der Waals surface area contributed by atoms with Crippen LogP contribution in [0, 0.1) is 11.6 Å². The Hall–Kier alpha value is -1.82. The van der Waals surface area contributed by atoms with Gasteiger partial charge in [0.15, 0.2) is 23.3 Å². The van der Waals surface area contributed by atoms with Gasteiger partial charge in [0, 0.05) is 12.6 Å². The second-order valence-corrected chi connectivity index (χ2v) is 3.31. The number of aromatic nitrogens is 3. The number of nitrogens with zero attached hydrogens (tertiary/aromatic N) is 3. The Bertz CT molecular complexity index is 522. The Morgan fingerprint density at radius 2 is 2.06 bits per heavy atom. The highest BCUT2D eigenvalue weighted by Gasteiger charge is 2.10. The number of hydrogen-bond donors (Lipinski definition) is 1. The van der Waals surface area contributed by atoms with Gasteiger partial charge in [-0.3, -0.25) is 0 Å². The zero-order valence-corrected chi connectivity index (χ0v) is 8.61. The highest BCUT2D eigenvalue weighted by atomic mass is 19.2. The largest absolute Gasteiger partial charge is 0.324 e. The van der Waals surface area contributed by atoms with Gasteiger partial charge in [0.1, 0.15) is 0 Å². The number of aryl methyl sites for hydroxylation is 1. The molecule has 0 unspecified atom stereocenters. The topological polar surface area (TPSA) is 56.7 Å². The average Bonchev–Trinajstić information content (AvgIpc) is 2.64. The molecule has 0 spiro atoms. The summed E-state index contributed by atoms with van der Waals surface area (Å²) < 4.78 is 27.3. The lowest BCUT2D eigenvalue weighted by Gasteiger charge is -2.00. The summed E-state index contributed by atoms with van der Waals surface area (Å²) in [6.45, 7) is 0.206. The van der Waals surface area contributed by atoms with Gasteiger partial charge in [-0.05, 0) is 18.2 Å². The summed E-state index contributed by atoms with van der Waals surface area (Å²) in [6.07, 6.45) is 0. The van der Waals surface area contributed by atoms with Crippen LogP contribution in [0.3, 0.4) is 0 Å². The van der Waals surface area contributed by atoms with Crippen LogP contribution in [0.4, 0.5) is 8.78 Å². The van der Waals surface area contributed by atoms with Crippen molar-refractivity contribution < 1.29 is 8.78 Å². The maximum absolute atomic E-state index is 13.0. The third-order valence-electron chi connectivity index (χ3n) is 2.17. The standard InChI is InChI=1S/C10H10F2N4/c1-16-10(14-9(5-13)15-16)6-2-3-7(11)8(12)4-6/h2-4H,5,13H2,1H3. The van der Waals surface area contributed by atoms with Crippen LogP contribution in [0.5, 0.6) is 0 Å². The smallest absolute Gasteiger partial charge is 0.164 e. The molecule has 0 amide bonds. The van der Waals surface area contributed by atoms with Gasteiger partial charge in [0.05, 0.1) is 6.54 Å². The van der Waals surface area contributed by atoms with E-state index in [1.165, 1.54) is 10.7 Å². The molecule has 0 aliphatic rings. The van der Waals surface area contributed by atoms with E-state index in [4.69, 9.17) is 5.73 Å². The third-order valence-corrected chi connectivity index (χ3v) is 2.17. The van der Waals surface area contributed by atoms with Crippen molar-refractivity contribution in [2.24, 2.45) is 12.8 Å². The van der Waals surface area contributed by atoms with Crippen LogP contribution < -0.4 is 5.73 Å². The Labute approximate surface area is 90.7 Å². The van der Waals surface area contributed by atoms with Gasteiger partial charge in [0.2, 0.25) is 0 Å². The third kappa shape index (κ3) is 1.79. The van der Waals surface area contributed by atoms with Crippen molar-refractivity contribution in [3.05, 3.63) is 35.7 Å². The molecule has 0 atom stereocenters. The van der Waals surface area contributed by atoms with E-state index in [1.807, 2.05) is 0 Å². The molecule has 0 aliphatic heterocycles. The molecule has 0 radical (unpaired) electrons. The lowest BCUT2D eigenvalue weighted by molar-refractivity contribution is 0.509. The van der Waals surface area contributed by atoms with Crippen LogP contribution in [0.15, 0.2) is 18.2 Å². The second kappa shape index (κ2) is 3.97. The first kappa shape index (κ1) is 10.7. The highest BCUT2D eigenvalue weighted by Crippen LogP contribution is 2.19. The fraction of sp³-hybridized carbons (Fsp3) is 0.200. The molecule has 1 heterocycles. The second-order valence-electron chi connectivity index (χ2n) is 3.31. The van der Waals surface area contributed by atoms with E-state index in [0.717, 1.165) is 12.1 Å². The van der Waals surface area contributed by atoms with Gasteiger partial charge in [-0.2, -0.15) is 5.10 Å². The summed E-state index contributed by atoms with van der Waals surface area (Å²) >= 11 is 0. The Morgan fingerprint density at radius 1 is 1.31 bits per heavy atom. The van der Waals surface area contributed by atoms with Gasteiger partial charge in [-0.15, -0.1) is 0 Å². The molecule has 0 bridgehead atoms. The minimum absolute atomic E-state index is 0.206. The summed E-state index contributed by atoms with van der Waals surface area (Å²) in [7, 11) is 1.67. The van der Waals surface area contributed by atoms with Gasteiger partial charge in [-0.25, -0.2) is 18.4 Å². The Morgan fingerprint density at radius 3 is 2.62 bits per heavy atom. The molecular formula is C10H10F2N4. The fourth-order valence-corrected chi connectivity index (χ4v) is 1.41. The van der Waals surface area contributed by atoms with Crippen LogP contribution >= 0.6 is 0 Å². The zero-order chi connectivity index (χ0) is 11.7. The predicted octanol–water partition coefficient (Wildman–Crippen LogP) is 1.22. The number of rotatable bonds is 2. The van der Waals surface area contributed by atoms with Crippen molar-refractivity contribution in [2.75, 3.05) is 0 Å². The van der Waals surface area contributed by atoms with E-state index in [0.29, 0.717) is 17.2 Å². The SMILES string of the molecule is Cn1nc(CN)nc1-c1ccc(F)c(F)c1. The zero-order valence-electron chi connectivity index (χ0n) is 8.61. The van der Waals surface area contributed by atoms with Crippen LogP contribution in [-0.4, -0.2) is 14.8 Å². The lowest BCUT2D eigenvalue weighted by Crippen LogP contribution is -1.99. The van der Waals surface area contributed by atoms with Crippen molar-refractivity contribution in [2.45, 2.75) is 6.54 Å². The maximum atomic E-state index is 13.0. The van der Waals surface area contributed by atoms with Gasteiger partial charge >= 0.3 is 0 Å². The monoisotopic (exact) mass is 224 g/mol. The summed E-state index contributed by atoms with van der Waals surface area (Å²) in [5.41, 5.74) is 5.86. The minimum Gasteiger partial charge on any atom is -0.324 e. The van der Waals surface area contributed by atoms with E-state index in [-0.39, 0.29) is 6.54 Å². The first-order valence-corrected chi connectivity index (χ1v) is 4.67. The molecule has 0 fully saturated rings. The summed E-state index contributed by atoms with van der Waals surface area (Å²) in [5.74, 6) is -0.874. The molecule has 0 aliphatic carbocycles. The van der Waals surface area contributed by atoms with Crippen molar-refractivity contribution in [1.82, 2.24) is 14.8 Å². The van der Waals surface area contributed by atoms with E-state index in [9.17, 15) is 8.78 Å². The first-order chi connectivity index (χ1) is 7.61. The summed E-state index contributed by atoms with van der Waals surface area (Å²) in [4.78, 5) is 4.11. The number of nitrogens with two attached hydrogens (primary N) is 1. The van der Waals surface area contributed by atoms with Crippen LogP contribution in [0.1, 0.15) is 5.82 Å². The van der Waals surface area contributed by atoms with E-state index in [1.54, 1.807) is 7.05 Å². The average molecular weight is 224 g/mol. The number of benzene rings is 1. The van der Waals surface area contributed by atoms with Crippen molar-refractivity contribution in [3.8, 4) is 11.4 Å². The van der Waals surface area contributed by atoms with E-state index in [2.05, 4.69) is 10.1 Å². The minimum atomic E-state index is -0.908. The predicted molar refractivity (Wildman–Crippen MR) is 54.2 cm³/mol. The lowest BCUT2D eigenvalue weighted by atomic mass is 10.2. The van der Waals surface area contributed by atoms with Gasteiger partial charge < -0.3 is 5.73 Å². The molecular weight excluding hydrogens is 214 g/mol. The van der Waals surface area contributed by atoms with Crippen LogP contribution in [0.2, 0.25) is 0 Å². The van der Waals surface area contributed by atoms with E-state index < -0.39 is 11.6 Å². The molecule has 0 saturated heterocycles. The molecule has 4 nitrogen and oxygen atoms in total. The molecule has 2 rings (SSSR count). The Kier molecular flexibility index (Phi) is 2.66. The fourth-order valence-electron chi connectivity index (χ4n) is 1.41. The highest BCUT2D eigenvalue weighted by molar-refractivity contribution is 5.55. The van der Waals surface area contributed by atoms with Crippen LogP contribution in [-0.2, 0) is 13.6 Å². The quantitative estimate of drug-likeness (QED) is 0.834. The first-order valence-electron chi connectivity index (χ1n) is 4.67. The maximum Gasteiger partial charge on any atom is 0.164 e. The molecule has 16 heavy (non-hydrogen) atoms.